The molecule has 3 heteroatoms. The summed E-state index contributed by atoms with van der Waals surface area (Å²) in [6.45, 7) is 0.264. The molecule has 0 aliphatic heterocycles. The highest BCUT2D eigenvalue weighted by Gasteiger charge is 2.05. The Kier molecular flexibility index (Phi) is 1.83. The first-order valence-corrected chi connectivity index (χ1v) is 4.55. The average molecular weight is 181 g/mol. The van der Waals surface area contributed by atoms with E-state index in [2.05, 4.69) is 0 Å². The van der Waals surface area contributed by atoms with Gasteiger partial charge in [0.2, 0.25) is 0 Å². The molecule has 0 aliphatic rings. The maximum atomic E-state index is 13.1. The number of halogens is 1. The van der Waals surface area contributed by atoms with Gasteiger partial charge in [-0.1, -0.05) is 0 Å². The van der Waals surface area contributed by atoms with Crippen LogP contribution in [0, 0.1) is 5.82 Å². The van der Waals surface area contributed by atoms with E-state index in [0.717, 1.165) is 10.1 Å². The van der Waals surface area contributed by atoms with Crippen molar-refractivity contribution >= 4 is 21.4 Å². The molecule has 12 heavy (non-hydrogen) atoms. The molecule has 62 valence electrons. The van der Waals surface area contributed by atoms with Gasteiger partial charge in [-0.25, -0.2) is 4.39 Å². The molecule has 0 aliphatic carbocycles. The molecule has 0 radical (unpaired) electrons. The lowest BCUT2D eigenvalue weighted by atomic mass is 10.1. The number of rotatable bonds is 1. The summed E-state index contributed by atoms with van der Waals surface area (Å²) in [6.07, 6.45) is 0. The fourth-order valence-electron chi connectivity index (χ4n) is 1.28. The van der Waals surface area contributed by atoms with Gasteiger partial charge in [0.1, 0.15) is 5.82 Å². The van der Waals surface area contributed by atoms with Gasteiger partial charge in [0.15, 0.2) is 0 Å². The molecule has 1 aromatic carbocycles. The van der Waals surface area contributed by atoms with Gasteiger partial charge in [0, 0.05) is 16.8 Å². The van der Waals surface area contributed by atoms with Crippen LogP contribution in [0.2, 0.25) is 0 Å². The molecule has 1 aromatic heterocycles. The first-order valence-electron chi connectivity index (χ1n) is 3.67. The molecule has 0 atom stereocenters. The zero-order chi connectivity index (χ0) is 8.55. The third-order valence-corrected chi connectivity index (χ3v) is 2.78. The molecular formula is C9H8FNS. The second-order valence-electron chi connectivity index (χ2n) is 2.56. The Labute approximate surface area is 73.6 Å². The Morgan fingerprint density at radius 1 is 1.33 bits per heavy atom. The summed E-state index contributed by atoms with van der Waals surface area (Å²) in [5.74, 6) is -0.205. The van der Waals surface area contributed by atoms with Crippen LogP contribution in [0.5, 0.6) is 0 Å². The molecule has 2 aromatic rings. The fourth-order valence-corrected chi connectivity index (χ4v) is 2.10. The van der Waals surface area contributed by atoms with E-state index in [1.54, 1.807) is 17.4 Å². The van der Waals surface area contributed by atoms with Crippen LogP contribution in [-0.2, 0) is 6.54 Å². The summed E-state index contributed by atoms with van der Waals surface area (Å²) >= 11 is 1.60. The summed E-state index contributed by atoms with van der Waals surface area (Å²) in [5, 5.41) is 2.89. The topological polar surface area (TPSA) is 26.0 Å². The number of nitrogens with two attached hydrogens (primary N) is 1. The fraction of sp³-hybridized carbons (Fsp3) is 0.111. The van der Waals surface area contributed by atoms with Crippen LogP contribution in [0.1, 0.15) is 5.56 Å². The van der Waals surface area contributed by atoms with Crippen LogP contribution in [0.4, 0.5) is 4.39 Å². The molecule has 1 heterocycles. The quantitative estimate of drug-likeness (QED) is 0.718. The molecule has 0 saturated heterocycles. The van der Waals surface area contributed by atoms with Gasteiger partial charge in [0.25, 0.3) is 0 Å². The van der Waals surface area contributed by atoms with E-state index in [-0.39, 0.29) is 12.4 Å². The molecular weight excluding hydrogens is 173 g/mol. The van der Waals surface area contributed by atoms with Crippen molar-refractivity contribution in [3.8, 4) is 0 Å². The highest BCUT2D eigenvalue weighted by molar-refractivity contribution is 7.17. The lowest BCUT2D eigenvalue weighted by Crippen LogP contribution is -1.99. The van der Waals surface area contributed by atoms with Gasteiger partial charge in [-0.2, -0.15) is 0 Å². The number of thiophene rings is 1. The number of hydrogen-bond acceptors (Lipinski definition) is 2. The first-order chi connectivity index (χ1) is 5.83. The normalized spacial score (nSPS) is 10.8. The number of fused-ring (bicyclic) bond motifs is 1. The predicted molar refractivity (Wildman–Crippen MR) is 49.7 cm³/mol. The van der Waals surface area contributed by atoms with Crippen molar-refractivity contribution in [2.45, 2.75) is 6.54 Å². The van der Waals surface area contributed by atoms with Crippen LogP contribution in [0.15, 0.2) is 23.6 Å². The van der Waals surface area contributed by atoms with E-state index in [0.29, 0.717) is 5.56 Å². The summed E-state index contributed by atoms with van der Waals surface area (Å²) in [5.41, 5.74) is 6.06. The minimum Gasteiger partial charge on any atom is -0.326 e. The third-order valence-electron chi connectivity index (χ3n) is 1.89. The smallest absolute Gasteiger partial charge is 0.128 e. The number of hydrogen-bond donors (Lipinski definition) is 1. The highest BCUT2D eigenvalue weighted by atomic mass is 32.1. The Bertz CT molecular complexity index is 408. The molecule has 0 fully saturated rings. The summed E-state index contributed by atoms with van der Waals surface area (Å²) < 4.78 is 14.2. The van der Waals surface area contributed by atoms with E-state index in [4.69, 9.17) is 5.73 Å². The Balaban J connectivity index is 2.83. The minimum atomic E-state index is -0.205. The zero-order valence-electron chi connectivity index (χ0n) is 6.38. The van der Waals surface area contributed by atoms with Crippen molar-refractivity contribution in [1.29, 1.82) is 0 Å². The van der Waals surface area contributed by atoms with Crippen molar-refractivity contribution in [3.63, 3.8) is 0 Å². The molecule has 0 bridgehead atoms. The predicted octanol–water partition coefficient (Wildman–Crippen LogP) is 2.50. The third kappa shape index (κ3) is 1.02. The maximum Gasteiger partial charge on any atom is 0.128 e. The summed E-state index contributed by atoms with van der Waals surface area (Å²) in [4.78, 5) is 0. The molecule has 0 saturated carbocycles. The van der Waals surface area contributed by atoms with Crippen LogP contribution < -0.4 is 5.73 Å². The van der Waals surface area contributed by atoms with Crippen LogP contribution in [0.3, 0.4) is 0 Å². The molecule has 2 N–H and O–H groups in total. The summed E-state index contributed by atoms with van der Waals surface area (Å²) in [6, 6.07) is 5.17. The highest BCUT2D eigenvalue weighted by Crippen LogP contribution is 2.25. The van der Waals surface area contributed by atoms with Crippen molar-refractivity contribution < 1.29 is 4.39 Å². The second-order valence-corrected chi connectivity index (χ2v) is 3.51. The average Bonchev–Trinajstić information content (AvgIpc) is 2.52. The zero-order valence-corrected chi connectivity index (χ0v) is 7.20. The SMILES string of the molecule is NCc1c(F)ccc2sccc12. The largest absolute Gasteiger partial charge is 0.326 e. The van der Waals surface area contributed by atoms with Crippen molar-refractivity contribution in [1.82, 2.24) is 0 Å². The van der Waals surface area contributed by atoms with Gasteiger partial charge in [0.05, 0.1) is 0 Å². The lowest BCUT2D eigenvalue weighted by molar-refractivity contribution is 0.614. The maximum absolute atomic E-state index is 13.1. The second kappa shape index (κ2) is 2.84. The van der Waals surface area contributed by atoms with Gasteiger partial charge in [-0.05, 0) is 29.0 Å². The Hall–Kier alpha value is -0.930. The molecule has 1 nitrogen and oxygen atoms in total. The van der Waals surface area contributed by atoms with Gasteiger partial charge >= 0.3 is 0 Å². The van der Waals surface area contributed by atoms with E-state index < -0.39 is 0 Å². The van der Waals surface area contributed by atoms with Gasteiger partial charge in [-0.15, -0.1) is 11.3 Å². The first kappa shape index (κ1) is 7.71. The van der Waals surface area contributed by atoms with Crippen molar-refractivity contribution in [2.75, 3.05) is 0 Å². The number of benzene rings is 1. The Morgan fingerprint density at radius 2 is 2.17 bits per heavy atom. The van der Waals surface area contributed by atoms with Gasteiger partial charge < -0.3 is 5.73 Å². The molecule has 0 unspecified atom stereocenters. The standard InChI is InChI=1S/C9H8FNS/c10-8-1-2-9-6(3-4-12-9)7(8)5-11/h1-4H,5,11H2. The monoisotopic (exact) mass is 181 g/mol. The lowest BCUT2D eigenvalue weighted by Gasteiger charge is -2.00. The summed E-state index contributed by atoms with van der Waals surface area (Å²) in [7, 11) is 0. The van der Waals surface area contributed by atoms with E-state index in [1.807, 2.05) is 11.4 Å². The van der Waals surface area contributed by atoms with Crippen LogP contribution in [-0.4, -0.2) is 0 Å². The molecule has 0 amide bonds. The minimum absolute atomic E-state index is 0.205. The van der Waals surface area contributed by atoms with Crippen molar-refractivity contribution in [2.24, 2.45) is 5.73 Å². The molecule has 2 rings (SSSR count). The van der Waals surface area contributed by atoms with E-state index in [9.17, 15) is 4.39 Å². The Morgan fingerprint density at radius 3 is 2.92 bits per heavy atom. The van der Waals surface area contributed by atoms with Crippen LogP contribution >= 0.6 is 11.3 Å². The van der Waals surface area contributed by atoms with Gasteiger partial charge in [-0.3, -0.25) is 0 Å². The van der Waals surface area contributed by atoms with Crippen molar-refractivity contribution in [3.05, 3.63) is 35.0 Å². The molecule has 0 spiro atoms. The van der Waals surface area contributed by atoms with E-state index >= 15 is 0 Å². The van der Waals surface area contributed by atoms with Crippen LogP contribution in [0.25, 0.3) is 10.1 Å². The van der Waals surface area contributed by atoms with E-state index in [1.165, 1.54) is 6.07 Å².